The maximum absolute atomic E-state index is 12.6. The molecule has 0 bridgehead atoms. The Balaban J connectivity index is 2.30. The summed E-state index contributed by atoms with van der Waals surface area (Å²) in [6.07, 6.45) is 3.47. The van der Waals surface area contributed by atoms with E-state index in [1.54, 1.807) is 18.2 Å². The van der Waals surface area contributed by atoms with E-state index in [2.05, 4.69) is 5.32 Å². The van der Waals surface area contributed by atoms with E-state index in [-0.39, 0.29) is 5.56 Å². The van der Waals surface area contributed by atoms with Gasteiger partial charge in [-0.2, -0.15) is 0 Å². The lowest BCUT2D eigenvalue weighted by molar-refractivity contribution is -0.145. The van der Waals surface area contributed by atoms with Crippen molar-refractivity contribution in [1.29, 1.82) is 0 Å². The van der Waals surface area contributed by atoms with Crippen molar-refractivity contribution in [3.05, 3.63) is 23.8 Å². The van der Waals surface area contributed by atoms with Crippen molar-refractivity contribution < 1.29 is 24.2 Å². The molecule has 0 saturated heterocycles. The number of para-hydroxylation sites is 1. The number of benzene rings is 1. The van der Waals surface area contributed by atoms with Gasteiger partial charge in [0.15, 0.2) is 11.5 Å². The Labute approximate surface area is 129 Å². The molecule has 1 aliphatic carbocycles. The maximum atomic E-state index is 12.6. The molecular formula is C16H21NO5. The van der Waals surface area contributed by atoms with Crippen LogP contribution in [-0.2, 0) is 4.79 Å². The van der Waals surface area contributed by atoms with E-state index in [4.69, 9.17) is 9.47 Å². The van der Waals surface area contributed by atoms with E-state index in [1.165, 1.54) is 14.2 Å². The van der Waals surface area contributed by atoms with Gasteiger partial charge >= 0.3 is 5.97 Å². The lowest BCUT2D eigenvalue weighted by Crippen LogP contribution is -2.55. The molecule has 6 heteroatoms. The quantitative estimate of drug-likeness (QED) is 0.871. The lowest BCUT2D eigenvalue weighted by Gasteiger charge is -2.34. The van der Waals surface area contributed by atoms with Crippen LogP contribution < -0.4 is 14.8 Å². The molecule has 0 aromatic heterocycles. The van der Waals surface area contributed by atoms with Crippen LogP contribution in [0.15, 0.2) is 18.2 Å². The number of hydrogen-bond donors (Lipinski definition) is 2. The number of hydrogen-bond acceptors (Lipinski definition) is 4. The van der Waals surface area contributed by atoms with Crippen molar-refractivity contribution >= 4 is 11.9 Å². The second-order valence-corrected chi connectivity index (χ2v) is 5.44. The summed E-state index contributed by atoms with van der Waals surface area (Å²) in [4.78, 5) is 24.2. The summed E-state index contributed by atoms with van der Waals surface area (Å²) in [5, 5.41) is 12.2. The van der Waals surface area contributed by atoms with E-state index >= 15 is 0 Å². The summed E-state index contributed by atoms with van der Waals surface area (Å²) in [6.45, 7) is 0. The topological polar surface area (TPSA) is 84.9 Å². The number of carboxylic acids is 1. The lowest BCUT2D eigenvalue weighted by atomic mass is 9.81. The molecule has 1 amide bonds. The highest BCUT2D eigenvalue weighted by Crippen LogP contribution is 2.33. The predicted octanol–water partition coefficient (Wildman–Crippen LogP) is 2.22. The van der Waals surface area contributed by atoms with Gasteiger partial charge in [-0.15, -0.1) is 0 Å². The molecule has 1 aliphatic rings. The van der Waals surface area contributed by atoms with Gasteiger partial charge in [0.05, 0.1) is 19.8 Å². The number of amides is 1. The Hall–Kier alpha value is -2.24. The molecule has 1 aromatic rings. The summed E-state index contributed by atoms with van der Waals surface area (Å²) in [5.41, 5.74) is -0.920. The van der Waals surface area contributed by atoms with Gasteiger partial charge < -0.3 is 19.9 Å². The molecule has 22 heavy (non-hydrogen) atoms. The highest BCUT2D eigenvalue weighted by Gasteiger charge is 2.41. The van der Waals surface area contributed by atoms with Crippen LogP contribution in [0, 0.1) is 0 Å². The maximum Gasteiger partial charge on any atom is 0.329 e. The van der Waals surface area contributed by atoms with Crippen molar-refractivity contribution in [3.63, 3.8) is 0 Å². The highest BCUT2D eigenvalue weighted by molar-refractivity contribution is 6.00. The largest absolute Gasteiger partial charge is 0.493 e. The van der Waals surface area contributed by atoms with Crippen LogP contribution in [0.25, 0.3) is 0 Å². The first kappa shape index (κ1) is 16.1. The monoisotopic (exact) mass is 307 g/mol. The van der Waals surface area contributed by atoms with Crippen LogP contribution in [-0.4, -0.2) is 36.7 Å². The molecule has 1 saturated carbocycles. The van der Waals surface area contributed by atoms with Crippen molar-refractivity contribution in [2.24, 2.45) is 0 Å². The molecule has 2 N–H and O–H groups in total. The molecule has 0 aliphatic heterocycles. The minimum absolute atomic E-state index is 0.271. The second kappa shape index (κ2) is 6.68. The molecule has 0 atom stereocenters. The fourth-order valence-electron chi connectivity index (χ4n) is 2.90. The van der Waals surface area contributed by atoms with Crippen LogP contribution in [0.1, 0.15) is 42.5 Å². The molecule has 0 heterocycles. The van der Waals surface area contributed by atoms with Gasteiger partial charge in [0.2, 0.25) is 0 Å². The zero-order valence-electron chi connectivity index (χ0n) is 12.8. The predicted molar refractivity (Wildman–Crippen MR) is 80.5 cm³/mol. The third kappa shape index (κ3) is 3.00. The van der Waals surface area contributed by atoms with Crippen LogP contribution in [0.4, 0.5) is 0 Å². The third-order valence-corrected chi connectivity index (χ3v) is 4.12. The minimum Gasteiger partial charge on any atom is -0.493 e. The zero-order valence-corrected chi connectivity index (χ0v) is 12.8. The first-order chi connectivity index (χ1) is 10.5. The molecule has 2 rings (SSSR count). The standard InChI is InChI=1S/C16H21NO5/c1-21-12-8-6-7-11(13(12)22-2)14(18)17-16(15(19)20)9-4-3-5-10-16/h6-8H,3-5,9-10H2,1-2H3,(H,17,18)(H,19,20). The molecule has 0 unspecified atom stereocenters. The highest BCUT2D eigenvalue weighted by atomic mass is 16.5. The van der Waals surface area contributed by atoms with Crippen LogP contribution in [0.5, 0.6) is 11.5 Å². The molecular weight excluding hydrogens is 286 g/mol. The fourth-order valence-corrected chi connectivity index (χ4v) is 2.90. The van der Waals surface area contributed by atoms with Crippen molar-refractivity contribution in [1.82, 2.24) is 5.32 Å². The number of nitrogens with one attached hydrogen (secondary N) is 1. The molecule has 6 nitrogen and oxygen atoms in total. The van der Waals surface area contributed by atoms with Crippen molar-refractivity contribution in [3.8, 4) is 11.5 Å². The van der Waals surface area contributed by atoms with Gasteiger partial charge in [0, 0.05) is 0 Å². The van der Waals surface area contributed by atoms with Gasteiger partial charge in [0.25, 0.3) is 5.91 Å². The van der Waals surface area contributed by atoms with Crippen LogP contribution in [0.2, 0.25) is 0 Å². The van der Waals surface area contributed by atoms with E-state index in [0.29, 0.717) is 24.3 Å². The van der Waals surface area contributed by atoms with Gasteiger partial charge in [-0.05, 0) is 25.0 Å². The SMILES string of the molecule is COc1cccc(C(=O)NC2(C(=O)O)CCCCC2)c1OC. The smallest absolute Gasteiger partial charge is 0.329 e. The molecule has 120 valence electrons. The Bertz CT molecular complexity index is 564. The van der Waals surface area contributed by atoms with E-state index in [1.807, 2.05) is 0 Å². The summed E-state index contributed by atoms with van der Waals surface area (Å²) >= 11 is 0. The molecule has 0 radical (unpaired) electrons. The molecule has 1 aromatic carbocycles. The summed E-state index contributed by atoms with van der Waals surface area (Å²) in [7, 11) is 2.93. The van der Waals surface area contributed by atoms with Crippen molar-refractivity contribution in [2.45, 2.75) is 37.6 Å². The second-order valence-electron chi connectivity index (χ2n) is 5.44. The number of carboxylic acid groups (broad SMARTS) is 1. The van der Waals surface area contributed by atoms with Crippen molar-refractivity contribution in [2.75, 3.05) is 14.2 Å². The Kier molecular flexibility index (Phi) is 4.90. The number of rotatable bonds is 5. The minimum atomic E-state index is -1.19. The normalized spacial score (nSPS) is 16.6. The molecule has 1 fully saturated rings. The Morgan fingerprint density at radius 3 is 2.36 bits per heavy atom. The van der Waals surface area contributed by atoms with Gasteiger partial charge in [-0.1, -0.05) is 25.3 Å². The van der Waals surface area contributed by atoms with Crippen LogP contribution >= 0.6 is 0 Å². The number of carbonyl (C=O) groups excluding carboxylic acids is 1. The third-order valence-electron chi connectivity index (χ3n) is 4.12. The van der Waals surface area contributed by atoms with Crippen LogP contribution in [0.3, 0.4) is 0 Å². The Morgan fingerprint density at radius 1 is 1.14 bits per heavy atom. The summed E-state index contributed by atoms with van der Waals surface area (Å²) in [6, 6.07) is 4.95. The van der Waals surface area contributed by atoms with E-state index < -0.39 is 17.4 Å². The Morgan fingerprint density at radius 2 is 1.82 bits per heavy atom. The fraction of sp³-hybridized carbons (Fsp3) is 0.500. The van der Waals surface area contributed by atoms with Gasteiger partial charge in [0.1, 0.15) is 5.54 Å². The first-order valence-corrected chi connectivity index (χ1v) is 7.31. The van der Waals surface area contributed by atoms with Gasteiger partial charge in [-0.3, -0.25) is 4.79 Å². The first-order valence-electron chi connectivity index (χ1n) is 7.31. The number of methoxy groups -OCH3 is 2. The summed E-state index contributed by atoms with van der Waals surface area (Å²) in [5.74, 6) is -0.704. The summed E-state index contributed by atoms with van der Waals surface area (Å²) < 4.78 is 10.4. The molecule has 0 spiro atoms. The zero-order chi connectivity index (χ0) is 16.2. The van der Waals surface area contributed by atoms with E-state index in [9.17, 15) is 14.7 Å². The van der Waals surface area contributed by atoms with E-state index in [0.717, 1.165) is 19.3 Å². The average molecular weight is 307 g/mol. The number of carbonyl (C=O) groups is 2. The number of aliphatic carboxylic acids is 1. The number of ether oxygens (including phenoxy) is 2. The van der Waals surface area contributed by atoms with Gasteiger partial charge in [-0.25, -0.2) is 4.79 Å². The average Bonchev–Trinajstić information content (AvgIpc) is 2.54.